The smallest absolute Gasteiger partial charge is 0.233 e. The Morgan fingerprint density at radius 3 is 2.52 bits per heavy atom. The Bertz CT molecular complexity index is 479. The second kappa shape index (κ2) is 11.3. The van der Waals surface area contributed by atoms with E-state index < -0.39 is 0 Å². The molecule has 1 N–H and O–H groups in total. The van der Waals surface area contributed by atoms with Crippen LogP contribution in [0.1, 0.15) is 45.6 Å². The molecule has 130 valence electrons. The quantitative estimate of drug-likeness (QED) is 0.583. The van der Waals surface area contributed by atoms with Crippen molar-refractivity contribution >= 4 is 21.8 Å². The number of alkyl halides is 1. The number of amides is 1. The number of carbonyl (C=O) groups is 1. The fraction of sp³-hybridized carbons (Fsp3) is 0.611. The van der Waals surface area contributed by atoms with Gasteiger partial charge in [-0.3, -0.25) is 4.79 Å². The van der Waals surface area contributed by atoms with Crippen LogP contribution in [0.3, 0.4) is 0 Å². The van der Waals surface area contributed by atoms with Crippen molar-refractivity contribution in [2.45, 2.75) is 51.3 Å². The first-order valence-electron chi connectivity index (χ1n) is 8.42. The molecule has 0 radical (unpaired) electrons. The predicted octanol–water partition coefficient (Wildman–Crippen LogP) is 4.10. The molecule has 0 fully saturated rings. The maximum absolute atomic E-state index is 11.9. The molecule has 0 aliphatic heterocycles. The summed E-state index contributed by atoms with van der Waals surface area (Å²) < 4.78 is 11.2. The molecule has 1 unspecified atom stereocenters. The summed E-state index contributed by atoms with van der Waals surface area (Å²) in [4.78, 5) is 11.8. The summed E-state index contributed by atoms with van der Waals surface area (Å²) in [6.45, 7) is 7.86. The van der Waals surface area contributed by atoms with E-state index in [0.717, 1.165) is 42.7 Å². The summed E-state index contributed by atoms with van der Waals surface area (Å²) in [5, 5.41) is 2.97. The van der Waals surface area contributed by atoms with Crippen LogP contribution in [0, 0.1) is 0 Å². The molecule has 0 aliphatic carbocycles. The molecule has 1 rings (SSSR count). The van der Waals surface area contributed by atoms with Gasteiger partial charge in [0.25, 0.3) is 0 Å². The predicted molar refractivity (Wildman–Crippen MR) is 97.7 cm³/mol. The number of carbonyl (C=O) groups excluding carboxylic acids is 1. The van der Waals surface area contributed by atoms with Crippen LogP contribution in [0.5, 0.6) is 11.5 Å². The van der Waals surface area contributed by atoms with Gasteiger partial charge in [0.15, 0.2) is 11.5 Å². The number of rotatable bonds is 11. The van der Waals surface area contributed by atoms with Gasteiger partial charge in [0, 0.05) is 6.54 Å². The van der Waals surface area contributed by atoms with Gasteiger partial charge in [-0.2, -0.15) is 0 Å². The van der Waals surface area contributed by atoms with Crippen LogP contribution >= 0.6 is 15.9 Å². The van der Waals surface area contributed by atoms with Crippen molar-refractivity contribution in [1.29, 1.82) is 0 Å². The summed E-state index contributed by atoms with van der Waals surface area (Å²) in [5.41, 5.74) is 1.12. The van der Waals surface area contributed by atoms with Gasteiger partial charge >= 0.3 is 0 Å². The van der Waals surface area contributed by atoms with Gasteiger partial charge in [0.05, 0.1) is 18.0 Å². The van der Waals surface area contributed by atoms with Gasteiger partial charge in [0.2, 0.25) is 5.91 Å². The standard InChI is InChI=1S/C18H28BrNO3/c1-4-7-8-15(19)18(21)20-12-11-14-9-10-16(22-5-2)17(13-14)23-6-3/h9-10,13,15H,4-8,11-12H2,1-3H3,(H,20,21). The Labute approximate surface area is 148 Å². The zero-order valence-corrected chi connectivity index (χ0v) is 15.9. The molecule has 4 nitrogen and oxygen atoms in total. The number of benzene rings is 1. The highest BCUT2D eigenvalue weighted by molar-refractivity contribution is 9.10. The molecule has 0 saturated heterocycles. The lowest BCUT2D eigenvalue weighted by molar-refractivity contribution is -0.120. The fourth-order valence-electron chi connectivity index (χ4n) is 2.21. The van der Waals surface area contributed by atoms with Crippen molar-refractivity contribution in [1.82, 2.24) is 5.32 Å². The SMILES string of the molecule is CCCCC(Br)C(=O)NCCc1ccc(OCC)c(OCC)c1. The fourth-order valence-corrected chi connectivity index (χ4v) is 2.69. The minimum absolute atomic E-state index is 0.0643. The summed E-state index contributed by atoms with van der Waals surface area (Å²) in [6.07, 6.45) is 3.80. The third-order valence-corrected chi connectivity index (χ3v) is 4.29. The van der Waals surface area contributed by atoms with Crippen LogP contribution in [0.25, 0.3) is 0 Å². The van der Waals surface area contributed by atoms with Crippen molar-refractivity contribution in [3.05, 3.63) is 23.8 Å². The highest BCUT2D eigenvalue weighted by Gasteiger charge is 2.13. The van der Waals surface area contributed by atoms with Gasteiger partial charge in [-0.15, -0.1) is 0 Å². The van der Waals surface area contributed by atoms with Crippen LogP contribution in [0.4, 0.5) is 0 Å². The molecule has 0 aromatic heterocycles. The van der Waals surface area contributed by atoms with Gasteiger partial charge in [-0.1, -0.05) is 41.8 Å². The van der Waals surface area contributed by atoms with E-state index in [9.17, 15) is 4.79 Å². The van der Waals surface area contributed by atoms with E-state index in [-0.39, 0.29) is 10.7 Å². The van der Waals surface area contributed by atoms with Gasteiger partial charge < -0.3 is 14.8 Å². The molecule has 0 bridgehead atoms. The first-order chi connectivity index (χ1) is 11.1. The van der Waals surface area contributed by atoms with Crippen LogP contribution in [0.15, 0.2) is 18.2 Å². The largest absolute Gasteiger partial charge is 0.490 e. The molecule has 5 heteroatoms. The zero-order chi connectivity index (χ0) is 17.1. The Morgan fingerprint density at radius 2 is 1.87 bits per heavy atom. The topological polar surface area (TPSA) is 47.6 Å². The van der Waals surface area contributed by atoms with Crippen molar-refractivity contribution in [3.8, 4) is 11.5 Å². The van der Waals surface area contributed by atoms with E-state index in [0.29, 0.717) is 19.8 Å². The Balaban J connectivity index is 2.51. The van der Waals surface area contributed by atoms with Crippen LogP contribution in [0.2, 0.25) is 0 Å². The Morgan fingerprint density at radius 1 is 1.17 bits per heavy atom. The van der Waals surface area contributed by atoms with Crippen LogP contribution in [-0.4, -0.2) is 30.5 Å². The molecule has 0 aliphatic rings. The zero-order valence-electron chi connectivity index (χ0n) is 14.4. The molecule has 1 aromatic carbocycles. The van der Waals surface area contributed by atoms with E-state index in [2.05, 4.69) is 28.2 Å². The lowest BCUT2D eigenvalue weighted by Crippen LogP contribution is -2.32. The van der Waals surface area contributed by atoms with Crippen molar-refractivity contribution < 1.29 is 14.3 Å². The third-order valence-electron chi connectivity index (χ3n) is 3.42. The molecule has 0 spiro atoms. The number of ether oxygens (including phenoxy) is 2. The van der Waals surface area contributed by atoms with Gasteiger partial charge in [-0.25, -0.2) is 0 Å². The molecular formula is C18H28BrNO3. The first-order valence-corrected chi connectivity index (χ1v) is 9.34. The highest BCUT2D eigenvalue weighted by atomic mass is 79.9. The maximum atomic E-state index is 11.9. The second-order valence-corrected chi connectivity index (χ2v) is 6.40. The Kier molecular flexibility index (Phi) is 9.76. The van der Waals surface area contributed by atoms with Gasteiger partial charge in [0.1, 0.15) is 0 Å². The van der Waals surface area contributed by atoms with E-state index >= 15 is 0 Å². The summed E-state index contributed by atoms with van der Waals surface area (Å²) in [6, 6.07) is 5.94. The third kappa shape index (κ3) is 7.25. The highest BCUT2D eigenvalue weighted by Crippen LogP contribution is 2.28. The number of hydrogen-bond donors (Lipinski definition) is 1. The van der Waals surface area contributed by atoms with Crippen LogP contribution in [-0.2, 0) is 11.2 Å². The van der Waals surface area contributed by atoms with Crippen LogP contribution < -0.4 is 14.8 Å². The number of halogens is 1. The monoisotopic (exact) mass is 385 g/mol. The Hall–Kier alpha value is -1.23. The van der Waals surface area contributed by atoms with E-state index in [4.69, 9.17) is 9.47 Å². The average Bonchev–Trinajstić information content (AvgIpc) is 2.55. The molecule has 1 amide bonds. The first kappa shape index (κ1) is 19.8. The average molecular weight is 386 g/mol. The van der Waals surface area contributed by atoms with Gasteiger partial charge in [-0.05, 0) is 44.4 Å². The lowest BCUT2D eigenvalue weighted by atomic mass is 10.1. The van der Waals surface area contributed by atoms with Crippen molar-refractivity contribution in [2.75, 3.05) is 19.8 Å². The van der Waals surface area contributed by atoms with E-state index in [1.54, 1.807) is 0 Å². The number of unbranched alkanes of at least 4 members (excludes halogenated alkanes) is 1. The minimum atomic E-state index is -0.0956. The summed E-state index contributed by atoms with van der Waals surface area (Å²) in [7, 11) is 0. The normalized spacial score (nSPS) is 11.8. The van der Waals surface area contributed by atoms with Crippen molar-refractivity contribution in [2.24, 2.45) is 0 Å². The molecule has 0 heterocycles. The summed E-state index contributed by atoms with van der Waals surface area (Å²) >= 11 is 3.44. The second-order valence-electron chi connectivity index (χ2n) is 5.30. The van der Waals surface area contributed by atoms with Crippen molar-refractivity contribution in [3.63, 3.8) is 0 Å². The van der Waals surface area contributed by atoms with E-state index in [1.165, 1.54) is 0 Å². The molecule has 23 heavy (non-hydrogen) atoms. The number of nitrogens with one attached hydrogen (secondary N) is 1. The molecule has 1 atom stereocenters. The number of hydrogen-bond acceptors (Lipinski definition) is 3. The van der Waals surface area contributed by atoms with E-state index in [1.807, 2.05) is 32.0 Å². The lowest BCUT2D eigenvalue weighted by Gasteiger charge is -2.13. The maximum Gasteiger partial charge on any atom is 0.233 e. The molecule has 0 saturated carbocycles. The molecular weight excluding hydrogens is 358 g/mol. The minimum Gasteiger partial charge on any atom is -0.490 e. The summed E-state index contributed by atoms with van der Waals surface area (Å²) in [5.74, 6) is 1.59. The molecule has 1 aromatic rings.